The first kappa shape index (κ1) is 19.5. The lowest BCUT2D eigenvalue weighted by Crippen LogP contribution is -2.14. The Kier molecular flexibility index (Phi) is 6.37. The molecule has 0 atom stereocenters. The molecule has 3 aromatic carbocycles. The van der Waals surface area contributed by atoms with E-state index in [0.717, 1.165) is 27.8 Å². The predicted octanol–water partition coefficient (Wildman–Crippen LogP) is 4.96. The molecule has 0 heterocycles. The van der Waals surface area contributed by atoms with Gasteiger partial charge in [0.25, 0.3) is 0 Å². The van der Waals surface area contributed by atoms with Gasteiger partial charge in [0.2, 0.25) is 5.91 Å². The minimum Gasteiger partial charge on any atom is -0.493 e. The van der Waals surface area contributed by atoms with Gasteiger partial charge in [-0.05, 0) is 36.4 Å². The third kappa shape index (κ3) is 4.55. The number of methoxy groups -OCH3 is 2. The molecule has 0 aliphatic carbocycles. The van der Waals surface area contributed by atoms with Gasteiger partial charge in [-0.3, -0.25) is 4.79 Å². The number of carbonyl (C=O) groups excluding carboxylic acids is 1. The topological polar surface area (TPSA) is 56.8 Å². The van der Waals surface area contributed by atoms with Gasteiger partial charge in [-0.2, -0.15) is 0 Å². The second-order valence-electron chi connectivity index (χ2n) is 6.50. The van der Waals surface area contributed by atoms with Crippen molar-refractivity contribution in [1.29, 1.82) is 0 Å². The first-order valence-corrected chi connectivity index (χ1v) is 9.25. The van der Waals surface area contributed by atoms with Crippen LogP contribution in [0.15, 0.2) is 54.6 Å². The van der Waals surface area contributed by atoms with E-state index in [-0.39, 0.29) is 5.91 Å². The molecule has 0 saturated heterocycles. The molecule has 0 aliphatic heterocycles. The van der Waals surface area contributed by atoms with Crippen LogP contribution < -0.4 is 19.5 Å². The highest BCUT2D eigenvalue weighted by Crippen LogP contribution is 2.33. The van der Waals surface area contributed by atoms with Crippen LogP contribution in [0.5, 0.6) is 17.2 Å². The Labute approximate surface area is 165 Å². The molecule has 0 unspecified atom stereocenters. The van der Waals surface area contributed by atoms with E-state index in [1.165, 1.54) is 0 Å². The zero-order chi connectivity index (χ0) is 19.9. The maximum Gasteiger partial charge on any atom is 0.224 e. The third-order valence-electron chi connectivity index (χ3n) is 4.56. The van der Waals surface area contributed by atoms with Crippen molar-refractivity contribution in [3.05, 3.63) is 60.2 Å². The van der Waals surface area contributed by atoms with Crippen LogP contribution >= 0.6 is 0 Å². The number of fused-ring (bicyclic) bond motifs is 1. The number of benzene rings is 3. The number of nitrogens with one attached hydrogen (secondary N) is 1. The number of aryl methyl sites for hydroxylation is 1. The summed E-state index contributed by atoms with van der Waals surface area (Å²) in [6, 6.07) is 17.7. The van der Waals surface area contributed by atoms with E-state index in [4.69, 9.17) is 14.2 Å². The second-order valence-corrected chi connectivity index (χ2v) is 6.50. The molecule has 5 nitrogen and oxygen atoms in total. The SMILES string of the molecule is COc1cc(C)c(NC(=O)CCCOc2cccc3ccccc23)cc1OC. The van der Waals surface area contributed by atoms with Crippen molar-refractivity contribution in [3.63, 3.8) is 0 Å². The monoisotopic (exact) mass is 379 g/mol. The number of amides is 1. The molecule has 28 heavy (non-hydrogen) atoms. The van der Waals surface area contributed by atoms with Gasteiger partial charge in [0.05, 0.1) is 20.8 Å². The summed E-state index contributed by atoms with van der Waals surface area (Å²) >= 11 is 0. The van der Waals surface area contributed by atoms with Crippen molar-refractivity contribution in [2.24, 2.45) is 0 Å². The van der Waals surface area contributed by atoms with Crippen molar-refractivity contribution < 1.29 is 19.0 Å². The number of carbonyl (C=O) groups is 1. The fourth-order valence-electron chi connectivity index (χ4n) is 3.06. The van der Waals surface area contributed by atoms with Crippen molar-refractivity contribution in [2.75, 3.05) is 26.1 Å². The minimum absolute atomic E-state index is 0.0585. The molecule has 0 aliphatic rings. The van der Waals surface area contributed by atoms with Crippen molar-refractivity contribution >= 4 is 22.4 Å². The van der Waals surface area contributed by atoms with Crippen LogP contribution in [-0.2, 0) is 4.79 Å². The van der Waals surface area contributed by atoms with Crippen LogP contribution in [0.3, 0.4) is 0 Å². The molecule has 0 spiro atoms. The van der Waals surface area contributed by atoms with E-state index in [1.54, 1.807) is 20.3 Å². The summed E-state index contributed by atoms with van der Waals surface area (Å²) in [7, 11) is 3.16. The molecule has 0 bridgehead atoms. The van der Waals surface area contributed by atoms with Crippen molar-refractivity contribution in [3.8, 4) is 17.2 Å². The molecule has 5 heteroatoms. The molecule has 1 amide bonds. The Bertz CT molecular complexity index is 963. The average molecular weight is 379 g/mol. The highest BCUT2D eigenvalue weighted by Gasteiger charge is 2.11. The fourth-order valence-corrected chi connectivity index (χ4v) is 3.06. The predicted molar refractivity (Wildman–Crippen MR) is 112 cm³/mol. The lowest BCUT2D eigenvalue weighted by atomic mass is 10.1. The number of ether oxygens (including phenoxy) is 3. The van der Waals surface area contributed by atoms with Gasteiger partial charge >= 0.3 is 0 Å². The van der Waals surface area contributed by atoms with Gasteiger partial charge < -0.3 is 19.5 Å². The van der Waals surface area contributed by atoms with E-state index in [9.17, 15) is 4.79 Å². The highest BCUT2D eigenvalue weighted by molar-refractivity contribution is 5.92. The summed E-state index contributed by atoms with van der Waals surface area (Å²) in [6.07, 6.45) is 1.000. The Morgan fingerprint density at radius 1 is 0.929 bits per heavy atom. The van der Waals surface area contributed by atoms with Gasteiger partial charge in [-0.1, -0.05) is 36.4 Å². The smallest absolute Gasteiger partial charge is 0.224 e. The normalized spacial score (nSPS) is 10.5. The zero-order valence-electron chi connectivity index (χ0n) is 16.5. The average Bonchev–Trinajstić information content (AvgIpc) is 2.72. The van der Waals surface area contributed by atoms with Gasteiger partial charge in [0.15, 0.2) is 11.5 Å². The first-order chi connectivity index (χ1) is 13.6. The van der Waals surface area contributed by atoms with Crippen LogP contribution in [0.1, 0.15) is 18.4 Å². The summed E-state index contributed by atoms with van der Waals surface area (Å²) in [6.45, 7) is 2.40. The molecule has 0 radical (unpaired) electrons. The number of hydrogen-bond donors (Lipinski definition) is 1. The summed E-state index contributed by atoms with van der Waals surface area (Å²) in [4.78, 5) is 12.3. The zero-order valence-corrected chi connectivity index (χ0v) is 16.5. The van der Waals surface area contributed by atoms with Crippen molar-refractivity contribution in [1.82, 2.24) is 0 Å². The van der Waals surface area contributed by atoms with Crippen LogP contribution in [0.4, 0.5) is 5.69 Å². The standard InChI is InChI=1S/C23H25NO4/c1-16-14-21(26-2)22(27-3)15-19(16)24-23(25)12-7-13-28-20-11-6-9-17-8-4-5-10-18(17)20/h4-6,8-11,14-15H,7,12-13H2,1-3H3,(H,24,25). The third-order valence-corrected chi connectivity index (χ3v) is 4.56. The van der Waals surface area contributed by atoms with E-state index in [2.05, 4.69) is 17.4 Å². The molecular weight excluding hydrogens is 354 g/mol. The van der Waals surface area contributed by atoms with Gasteiger partial charge in [0.1, 0.15) is 5.75 Å². The maximum atomic E-state index is 12.3. The molecule has 0 aromatic heterocycles. The molecule has 0 saturated carbocycles. The van der Waals surface area contributed by atoms with Crippen LogP contribution in [0.25, 0.3) is 10.8 Å². The largest absolute Gasteiger partial charge is 0.493 e. The molecular formula is C23H25NO4. The highest BCUT2D eigenvalue weighted by atomic mass is 16.5. The minimum atomic E-state index is -0.0585. The van der Waals surface area contributed by atoms with Crippen LogP contribution in [0.2, 0.25) is 0 Å². The summed E-state index contributed by atoms with van der Waals surface area (Å²) in [5.74, 6) is 2.01. The van der Waals surface area contributed by atoms with Crippen LogP contribution in [0, 0.1) is 6.92 Å². The number of rotatable bonds is 8. The lowest BCUT2D eigenvalue weighted by molar-refractivity contribution is -0.116. The van der Waals surface area contributed by atoms with Gasteiger partial charge in [-0.15, -0.1) is 0 Å². The molecule has 146 valence electrons. The lowest BCUT2D eigenvalue weighted by Gasteiger charge is -2.14. The Morgan fingerprint density at radius 2 is 1.64 bits per heavy atom. The summed E-state index contributed by atoms with van der Waals surface area (Å²) in [5, 5.41) is 5.15. The Hall–Kier alpha value is -3.21. The van der Waals surface area contributed by atoms with E-state index >= 15 is 0 Å². The Morgan fingerprint density at radius 3 is 2.43 bits per heavy atom. The first-order valence-electron chi connectivity index (χ1n) is 9.25. The quantitative estimate of drug-likeness (QED) is 0.562. The number of hydrogen-bond acceptors (Lipinski definition) is 4. The second kappa shape index (κ2) is 9.13. The number of anilines is 1. The molecule has 0 fully saturated rings. The maximum absolute atomic E-state index is 12.3. The van der Waals surface area contributed by atoms with Crippen LogP contribution in [-0.4, -0.2) is 26.7 Å². The Balaban J connectivity index is 1.54. The fraction of sp³-hybridized carbons (Fsp3) is 0.261. The summed E-state index contributed by atoms with van der Waals surface area (Å²) < 4.78 is 16.5. The van der Waals surface area contributed by atoms with Crippen molar-refractivity contribution in [2.45, 2.75) is 19.8 Å². The molecule has 3 aromatic rings. The molecule has 1 N–H and O–H groups in total. The van der Waals surface area contributed by atoms with Gasteiger partial charge in [-0.25, -0.2) is 0 Å². The van der Waals surface area contributed by atoms with E-state index < -0.39 is 0 Å². The summed E-state index contributed by atoms with van der Waals surface area (Å²) in [5.41, 5.74) is 1.63. The van der Waals surface area contributed by atoms with Gasteiger partial charge in [0, 0.05) is 23.6 Å². The van der Waals surface area contributed by atoms with E-state index in [1.807, 2.05) is 43.3 Å². The molecule has 3 rings (SSSR count). The van der Waals surface area contributed by atoms with E-state index in [0.29, 0.717) is 30.9 Å².